The molecule has 3 rings (SSSR count). The van der Waals surface area contributed by atoms with Crippen LogP contribution in [0.5, 0.6) is 0 Å². The monoisotopic (exact) mass is 327 g/mol. The van der Waals surface area contributed by atoms with Crippen LogP contribution in [0.4, 0.5) is 0 Å². The molecule has 0 bridgehead atoms. The first-order valence-electron chi connectivity index (χ1n) is 8.73. The highest BCUT2D eigenvalue weighted by Crippen LogP contribution is 2.42. The van der Waals surface area contributed by atoms with Gasteiger partial charge in [-0.3, -0.25) is 9.65 Å². The SMILES string of the molecule is CC[C@@H](NP(=O)(c1ccccc1)c1ccccc1)C1CCCC1. The van der Waals surface area contributed by atoms with E-state index in [0.717, 1.165) is 17.0 Å². The van der Waals surface area contributed by atoms with E-state index in [-0.39, 0.29) is 0 Å². The van der Waals surface area contributed by atoms with Crippen molar-refractivity contribution in [3.05, 3.63) is 60.7 Å². The highest BCUT2D eigenvalue weighted by Gasteiger charge is 2.33. The van der Waals surface area contributed by atoms with E-state index in [1.54, 1.807) is 0 Å². The molecular formula is C20H26NOP. The molecule has 0 spiro atoms. The largest absolute Gasteiger partial charge is 0.297 e. The Bertz CT molecular complexity index is 606. The third-order valence-corrected chi connectivity index (χ3v) is 7.74. The summed E-state index contributed by atoms with van der Waals surface area (Å²) >= 11 is 0. The summed E-state index contributed by atoms with van der Waals surface area (Å²) in [5, 5.41) is 5.42. The van der Waals surface area contributed by atoms with Gasteiger partial charge in [0, 0.05) is 16.7 Å². The van der Waals surface area contributed by atoms with E-state index in [1.165, 1.54) is 25.7 Å². The molecule has 0 saturated heterocycles. The van der Waals surface area contributed by atoms with Crippen molar-refractivity contribution in [2.45, 2.75) is 45.1 Å². The van der Waals surface area contributed by atoms with Crippen LogP contribution in [-0.2, 0) is 4.57 Å². The fraction of sp³-hybridized carbons (Fsp3) is 0.400. The second-order valence-corrected chi connectivity index (χ2v) is 8.98. The third-order valence-electron chi connectivity index (χ3n) is 5.00. The first-order chi connectivity index (χ1) is 11.2. The summed E-state index contributed by atoms with van der Waals surface area (Å²) in [5.41, 5.74) is 0. The molecule has 1 aliphatic rings. The molecule has 3 heteroatoms. The molecule has 0 aromatic heterocycles. The lowest BCUT2D eigenvalue weighted by atomic mass is 9.97. The summed E-state index contributed by atoms with van der Waals surface area (Å²) in [6.45, 7) is 2.20. The summed E-state index contributed by atoms with van der Waals surface area (Å²) < 4.78 is 14.0. The van der Waals surface area contributed by atoms with Gasteiger partial charge in [-0.2, -0.15) is 0 Å². The van der Waals surface area contributed by atoms with Crippen molar-refractivity contribution in [1.29, 1.82) is 0 Å². The van der Waals surface area contributed by atoms with Gasteiger partial charge in [-0.25, -0.2) is 0 Å². The topological polar surface area (TPSA) is 29.1 Å². The fourth-order valence-corrected chi connectivity index (χ4v) is 6.34. The van der Waals surface area contributed by atoms with E-state index in [0.29, 0.717) is 12.0 Å². The lowest BCUT2D eigenvalue weighted by Gasteiger charge is -2.30. The number of benzene rings is 2. The van der Waals surface area contributed by atoms with Crippen LogP contribution in [0.1, 0.15) is 39.0 Å². The minimum atomic E-state index is -2.80. The van der Waals surface area contributed by atoms with Crippen LogP contribution in [0.15, 0.2) is 60.7 Å². The number of hydrogen-bond donors (Lipinski definition) is 1. The Morgan fingerprint density at radius 1 is 0.957 bits per heavy atom. The van der Waals surface area contributed by atoms with Gasteiger partial charge in [-0.1, -0.05) is 56.2 Å². The Kier molecular flexibility index (Phi) is 5.35. The molecule has 0 radical (unpaired) electrons. The molecule has 0 aliphatic heterocycles. The molecule has 1 atom stereocenters. The second-order valence-electron chi connectivity index (χ2n) is 6.47. The Morgan fingerprint density at radius 3 is 1.87 bits per heavy atom. The number of hydrogen-bond acceptors (Lipinski definition) is 1. The summed E-state index contributed by atoms with van der Waals surface area (Å²) in [5.74, 6) is 0.653. The van der Waals surface area contributed by atoms with Crippen LogP contribution in [-0.4, -0.2) is 6.04 Å². The molecule has 0 unspecified atom stereocenters. The number of nitrogens with one attached hydrogen (secondary N) is 1. The molecular weight excluding hydrogens is 301 g/mol. The van der Waals surface area contributed by atoms with Gasteiger partial charge in [0.2, 0.25) is 7.29 Å². The lowest BCUT2D eigenvalue weighted by Crippen LogP contribution is -2.38. The van der Waals surface area contributed by atoms with E-state index >= 15 is 0 Å². The maximum Gasteiger partial charge on any atom is 0.204 e. The zero-order valence-electron chi connectivity index (χ0n) is 13.8. The van der Waals surface area contributed by atoms with Crippen molar-refractivity contribution in [3.8, 4) is 0 Å². The van der Waals surface area contributed by atoms with E-state index in [1.807, 2.05) is 60.7 Å². The van der Waals surface area contributed by atoms with Crippen LogP contribution < -0.4 is 15.7 Å². The first kappa shape index (κ1) is 16.5. The quantitative estimate of drug-likeness (QED) is 0.793. The predicted molar refractivity (Wildman–Crippen MR) is 98.9 cm³/mol. The third kappa shape index (κ3) is 3.59. The van der Waals surface area contributed by atoms with Gasteiger partial charge in [-0.15, -0.1) is 0 Å². The van der Waals surface area contributed by atoms with Gasteiger partial charge in [0.1, 0.15) is 0 Å². The molecule has 2 aromatic carbocycles. The van der Waals surface area contributed by atoms with E-state index < -0.39 is 7.29 Å². The van der Waals surface area contributed by atoms with Gasteiger partial charge < -0.3 is 0 Å². The van der Waals surface area contributed by atoms with Crippen molar-refractivity contribution < 1.29 is 4.57 Å². The molecule has 1 N–H and O–H groups in total. The van der Waals surface area contributed by atoms with Crippen molar-refractivity contribution in [2.24, 2.45) is 5.92 Å². The lowest BCUT2D eigenvalue weighted by molar-refractivity contribution is 0.392. The summed E-state index contributed by atoms with van der Waals surface area (Å²) in [4.78, 5) is 0. The average molecular weight is 327 g/mol. The molecule has 2 aromatic rings. The van der Waals surface area contributed by atoms with Crippen LogP contribution >= 0.6 is 7.29 Å². The minimum Gasteiger partial charge on any atom is -0.297 e. The molecule has 1 saturated carbocycles. The smallest absolute Gasteiger partial charge is 0.204 e. The minimum absolute atomic E-state index is 0.323. The molecule has 2 nitrogen and oxygen atoms in total. The average Bonchev–Trinajstić information content (AvgIpc) is 3.15. The van der Waals surface area contributed by atoms with E-state index in [2.05, 4.69) is 12.0 Å². The van der Waals surface area contributed by atoms with Crippen molar-refractivity contribution in [3.63, 3.8) is 0 Å². The highest BCUT2D eigenvalue weighted by molar-refractivity contribution is 7.76. The summed E-state index contributed by atoms with van der Waals surface area (Å²) in [7, 11) is -2.80. The Balaban J connectivity index is 1.97. The standard InChI is InChI=1S/C20H26NOP/c1-2-20(17-11-9-10-12-17)21-23(22,18-13-5-3-6-14-18)19-15-7-4-8-16-19/h3-8,13-17,20H,2,9-12H2,1H3,(H,21,22)/t20-/m1/s1. The van der Waals surface area contributed by atoms with Crippen LogP contribution in [0.3, 0.4) is 0 Å². The second kappa shape index (κ2) is 7.47. The maximum atomic E-state index is 14.0. The summed E-state index contributed by atoms with van der Waals surface area (Å²) in [6.07, 6.45) is 6.16. The predicted octanol–water partition coefficient (Wildman–Crippen LogP) is 4.47. The highest BCUT2D eigenvalue weighted by atomic mass is 31.2. The maximum absolute atomic E-state index is 14.0. The van der Waals surface area contributed by atoms with Crippen LogP contribution in [0.25, 0.3) is 0 Å². The Morgan fingerprint density at radius 2 is 1.43 bits per heavy atom. The van der Waals surface area contributed by atoms with Gasteiger partial charge in [0.15, 0.2) is 0 Å². The summed E-state index contributed by atoms with van der Waals surface area (Å²) in [6, 6.07) is 20.1. The normalized spacial score (nSPS) is 17.3. The van der Waals surface area contributed by atoms with Gasteiger partial charge in [0.05, 0.1) is 0 Å². The molecule has 23 heavy (non-hydrogen) atoms. The Hall–Kier alpha value is -1.37. The first-order valence-corrected chi connectivity index (χ1v) is 10.4. The zero-order valence-corrected chi connectivity index (χ0v) is 14.7. The fourth-order valence-electron chi connectivity index (χ4n) is 3.70. The van der Waals surface area contributed by atoms with Crippen molar-refractivity contribution in [1.82, 2.24) is 5.09 Å². The van der Waals surface area contributed by atoms with Gasteiger partial charge in [0.25, 0.3) is 0 Å². The molecule has 122 valence electrons. The van der Waals surface area contributed by atoms with E-state index in [9.17, 15) is 4.57 Å². The zero-order chi connectivity index (χ0) is 16.1. The van der Waals surface area contributed by atoms with Crippen molar-refractivity contribution in [2.75, 3.05) is 0 Å². The van der Waals surface area contributed by atoms with Crippen molar-refractivity contribution >= 4 is 17.9 Å². The molecule has 1 fully saturated rings. The van der Waals surface area contributed by atoms with Crippen LogP contribution in [0.2, 0.25) is 0 Å². The molecule has 0 amide bonds. The van der Waals surface area contributed by atoms with Gasteiger partial charge in [-0.05, 0) is 49.4 Å². The Labute approximate surface area is 139 Å². The molecule has 1 aliphatic carbocycles. The van der Waals surface area contributed by atoms with Crippen LogP contribution in [0, 0.1) is 5.92 Å². The van der Waals surface area contributed by atoms with Gasteiger partial charge >= 0.3 is 0 Å². The number of rotatable bonds is 6. The van der Waals surface area contributed by atoms with E-state index in [4.69, 9.17) is 0 Å². The molecule has 0 heterocycles.